The van der Waals surface area contributed by atoms with Gasteiger partial charge in [-0.2, -0.15) is 0 Å². The van der Waals surface area contributed by atoms with Crippen molar-refractivity contribution in [2.24, 2.45) is 17.6 Å². The number of amides is 1. The van der Waals surface area contributed by atoms with Gasteiger partial charge in [-0.15, -0.1) is 0 Å². The molecule has 0 aliphatic carbocycles. The van der Waals surface area contributed by atoms with Gasteiger partial charge in [-0.3, -0.25) is 4.79 Å². The molecule has 0 saturated carbocycles. The Morgan fingerprint density at radius 2 is 1.42 bits per heavy atom. The molecule has 0 radical (unpaired) electrons. The zero-order chi connectivity index (χ0) is 18.0. The zero-order valence-corrected chi connectivity index (χ0v) is 16.1. The summed E-state index contributed by atoms with van der Waals surface area (Å²) in [5.41, 5.74) is 5.41. The van der Waals surface area contributed by atoms with Gasteiger partial charge in [0.15, 0.2) is 0 Å². The number of hydrogen-bond donors (Lipinski definition) is 2. The van der Waals surface area contributed by atoms with Gasteiger partial charge in [-0.05, 0) is 38.0 Å². The first-order chi connectivity index (χ1) is 11.6. The van der Waals surface area contributed by atoms with Gasteiger partial charge in [-0.1, -0.05) is 77.4 Å². The fraction of sp³-hybridized carbons (Fsp3) is 0.857. The fourth-order valence-corrected chi connectivity index (χ4v) is 3.09. The van der Waals surface area contributed by atoms with Crippen LogP contribution >= 0.6 is 0 Å². The number of allylic oxidation sites excluding steroid dienone is 2. The van der Waals surface area contributed by atoms with Gasteiger partial charge < -0.3 is 10.8 Å². The largest absolute Gasteiger partial charge is 0.396 e. The van der Waals surface area contributed by atoms with Crippen LogP contribution < -0.4 is 5.73 Å². The van der Waals surface area contributed by atoms with Gasteiger partial charge in [0.05, 0.1) is 0 Å². The van der Waals surface area contributed by atoms with Crippen LogP contribution in [-0.4, -0.2) is 17.6 Å². The molecule has 1 amide bonds. The van der Waals surface area contributed by atoms with Gasteiger partial charge in [0.25, 0.3) is 0 Å². The summed E-state index contributed by atoms with van der Waals surface area (Å²) in [6.07, 6.45) is 20.7. The molecule has 3 nitrogen and oxygen atoms in total. The summed E-state index contributed by atoms with van der Waals surface area (Å²) in [5, 5.41) is 9.15. The number of unbranched alkanes of at least 4 members (excludes halogenated alkanes) is 10. The summed E-state index contributed by atoms with van der Waals surface area (Å²) in [6, 6.07) is 0. The molecule has 24 heavy (non-hydrogen) atoms. The van der Waals surface area contributed by atoms with Crippen LogP contribution in [0.1, 0.15) is 97.3 Å². The number of primary amides is 1. The Balaban J connectivity index is 3.43. The van der Waals surface area contributed by atoms with Crippen molar-refractivity contribution in [2.75, 3.05) is 6.61 Å². The second-order valence-corrected chi connectivity index (χ2v) is 7.19. The molecule has 0 bridgehead atoms. The number of aliphatic hydroxyl groups is 1. The van der Waals surface area contributed by atoms with E-state index in [1.807, 2.05) is 6.92 Å². The van der Waals surface area contributed by atoms with E-state index in [4.69, 9.17) is 10.8 Å². The molecule has 0 aromatic heterocycles. The maximum atomic E-state index is 11.4. The Bertz CT molecular complexity index is 315. The summed E-state index contributed by atoms with van der Waals surface area (Å²) >= 11 is 0. The molecule has 2 atom stereocenters. The number of nitrogens with two attached hydrogens (primary N) is 1. The third-order valence-corrected chi connectivity index (χ3v) is 4.87. The number of rotatable bonds is 17. The van der Waals surface area contributed by atoms with Crippen molar-refractivity contribution >= 4 is 5.91 Å². The van der Waals surface area contributed by atoms with Crippen molar-refractivity contribution in [3.05, 3.63) is 12.2 Å². The summed E-state index contributed by atoms with van der Waals surface area (Å²) in [4.78, 5) is 11.4. The van der Waals surface area contributed by atoms with Crippen molar-refractivity contribution in [1.29, 1.82) is 0 Å². The number of carbonyl (C=O) groups is 1. The highest BCUT2D eigenvalue weighted by atomic mass is 16.3. The molecular formula is C21H41NO2. The maximum absolute atomic E-state index is 11.4. The van der Waals surface area contributed by atoms with E-state index in [2.05, 4.69) is 19.1 Å². The van der Waals surface area contributed by atoms with Crippen molar-refractivity contribution in [3.8, 4) is 0 Å². The molecule has 3 heteroatoms. The Labute approximate surface area is 150 Å². The van der Waals surface area contributed by atoms with Gasteiger partial charge in [0.2, 0.25) is 5.91 Å². The van der Waals surface area contributed by atoms with E-state index in [0.717, 1.165) is 19.3 Å². The van der Waals surface area contributed by atoms with Gasteiger partial charge in [0.1, 0.15) is 0 Å². The summed E-state index contributed by atoms with van der Waals surface area (Å²) in [6.45, 7) is 4.19. The molecule has 0 saturated heterocycles. The topological polar surface area (TPSA) is 63.3 Å². The molecule has 0 aliphatic heterocycles. The van der Waals surface area contributed by atoms with Crippen LogP contribution in [0.5, 0.6) is 0 Å². The van der Waals surface area contributed by atoms with Crippen LogP contribution in [0.15, 0.2) is 12.2 Å². The predicted molar refractivity (Wildman–Crippen MR) is 104 cm³/mol. The first kappa shape index (κ1) is 23.2. The molecule has 0 spiro atoms. The quantitative estimate of drug-likeness (QED) is 0.277. The minimum Gasteiger partial charge on any atom is -0.396 e. The van der Waals surface area contributed by atoms with Gasteiger partial charge in [0, 0.05) is 12.5 Å². The lowest BCUT2D eigenvalue weighted by molar-refractivity contribution is -0.124. The molecule has 142 valence electrons. The molecule has 2 unspecified atom stereocenters. The fourth-order valence-electron chi connectivity index (χ4n) is 3.09. The highest BCUT2D eigenvalue weighted by molar-refractivity contribution is 5.76. The molecule has 3 N–H and O–H groups in total. The number of aliphatic hydroxyl groups excluding tert-OH is 1. The molecule has 0 aliphatic rings. The van der Waals surface area contributed by atoms with Crippen LogP contribution in [0.4, 0.5) is 0 Å². The van der Waals surface area contributed by atoms with E-state index in [1.54, 1.807) is 0 Å². The van der Waals surface area contributed by atoms with Gasteiger partial charge >= 0.3 is 0 Å². The Hall–Kier alpha value is -0.830. The van der Waals surface area contributed by atoms with Crippen LogP contribution in [0, 0.1) is 11.8 Å². The number of carbonyl (C=O) groups excluding carboxylic acids is 1. The van der Waals surface area contributed by atoms with E-state index in [9.17, 15) is 4.79 Å². The predicted octanol–water partition coefficient (Wildman–Crippen LogP) is 5.36. The third-order valence-electron chi connectivity index (χ3n) is 4.87. The lowest BCUT2D eigenvalue weighted by Gasteiger charge is -2.18. The van der Waals surface area contributed by atoms with Crippen LogP contribution in [-0.2, 0) is 4.79 Å². The Kier molecular flexibility index (Phi) is 16.4. The van der Waals surface area contributed by atoms with E-state index >= 15 is 0 Å². The number of hydrogen-bond acceptors (Lipinski definition) is 2. The Morgan fingerprint density at radius 1 is 0.917 bits per heavy atom. The zero-order valence-electron chi connectivity index (χ0n) is 16.1. The first-order valence-corrected chi connectivity index (χ1v) is 10.2. The van der Waals surface area contributed by atoms with Crippen LogP contribution in [0.3, 0.4) is 0 Å². The summed E-state index contributed by atoms with van der Waals surface area (Å²) in [5.74, 6) is -0.464. The Morgan fingerprint density at radius 3 is 1.92 bits per heavy atom. The third kappa shape index (κ3) is 13.6. The molecular weight excluding hydrogens is 298 g/mol. The molecule has 0 aromatic rings. The summed E-state index contributed by atoms with van der Waals surface area (Å²) in [7, 11) is 0. The van der Waals surface area contributed by atoms with E-state index in [1.165, 1.54) is 64.2 Å². The highest BCUT2D eigenvalue weighted by Crippen LogP contribution is 2.19. The average Bonchev–Trinajstić information content (AvgIpc) is 2.57. The van der Waals surface area contributed by atoms with Gasteiger partial charge in [-0.25, -0.2) is 0 Å². The average molecular weight is 340 g/mol. The van der Waals surface area contributed by atoms with E-state index in [0.29, 0.717) is 0 Å². The van der Waals surface area contributed by atoms with Crippen LogP contribution in [0.2, 0.25) is 0 Å². The maximum Gasteiger partial charge on any atom is 0.220 e. The second kappa shape index (κ2) is 17.0. The van der Waals surface area contributed by atoms with Crippen molar-refractivity contribution in [1.82, 2.24) is 0 Å². The van der Waals surface area contributed by atoms with Crippen molar-refractivity contribution < 1.29 is 9.90 Å². The minimum absolute atomic E-state index is 0.0209. The highest BCUT2D eigenvalue weighted by Gasteiger charge is 2.21. The standard InChI is InChI=1S/C21H41NO2/c1-3-4-5-6-7-8-9-10-11-12-13-14-15-16-17-20(21(22)24)19(2)18-23/h10-11,19-20,23H,3-9,12-18H2,1-2H3,(H2,22,24). The normalized spacial score (nSPS) is 14.1. The van der Waals surface area contributed by atoms with Crippen LogP contribution in [0.25, 0.3) is 0 Å². The smallest absolute Gasteiger partial charge is 0.220 e. The molecule has 0 fully saturated rings. The van der Waals surface area contributed by atoms with Crippen molar-refractivity contribution in [2.45, 2.75) is 97.3 Å². The second-order valence-electron chi connectivity index (χ2n) is 7.19. The lowest BCUT2D eigenvalue weighted by atomic mass is 9.89. The first-order valence-electron chi connectivity index (χ1n) is 10.2. The summed E-state index contributed by atoms with van der Waals surface area (Å²) < 4.78 is 0. The molecule has 0 aromatic carbocycles. The molecule has 0 heterocycles. The minimum atomic E-state index is -0.269. The monoisotopic (exact) mass is 339 g/mol. The SMILES string of the molecule is CCCCCCCCC=CCCCCCCC(C(N)=O)C(C)CO. The molecule has 0 rings (SSSR count). The van der Waals surface area contributed by atoms with E-state index < -0.39 is 0 Å². The lowest BCUT2D eigenvalue weighted by Crippen LogP contribution is -2.30. The van der Waals surface area contributed by atoms with E-state index in [-0.39, 0.29) is 24.3 Å². The van der Waals surface area contributed by atoms with Crippen molar-refractivity contribution in [3.63, 3.8) is 0 Å².